The van der Waals surface area contributed by atoms with Crippen molar-refractivity contribution in [2.24, 2.45) is 0 Å². The van der Waals surface area contributed by atoms with Gasteiger partial charge in [-0.3, -0.25) is 0 Å². The number of hydrogen-bond acceptors (Lipinski definition) is 4. The average Bonchev–Trinajstić information content (AvgIpc) is 2.50. The monoisotopic (exact) mass is 276 g/mol. The highest BCUT2D eigenvalue weighted by molar-refractivity contribution is 5.85. The first-order chi connectivity index (χ1) is 9.77. The summed E-state index contributed by atoms with van der Waals surface area (Å²) < 4.78 is 15.3. The number of hydrogen-bond donors (Lipinski definition) is 0. The predicted molar refractivity (Wildman–Crippen MR) is 77.0 cm³/mol. The van der Waals surface area contributed by atoms with E-state index in [9.17, 15) is 4.79 Å². The molecule has 1 aromatic carbocycles. The summed E-state index contributed by atoms with van der Waals surface area (Å²) in [7, 11) is 1.32. The quantitative estimate of drug-likeness (QED) is 0.241. The standard InChI is InChI=1S/C16H20O4/c1-3-15(16(17)18-2)20-12-8-7-11-19-13-14-9-5-4-6-10-14/h3-10H,11-13H2,1-2H3/b8-7-,15-3?. The predicted octanol–water partition coefficient (Wildman–Crippen LogP) is 2.85. The van der Waals surface area contributed by atoms with Crippen molar-refractivity contribution in [3.8, 4) is 0 Å². The first kappa shape index (κ1) is 16.0. The minimum atomic E-state index is -0.471. The van der Waals surface area contributed by atoms with Gasteiger partial charge in [-0.05, 0) is 24.6 Å². The van der Waals surface area contributed by atoms with E-state index in [0.717, 1.165) is 5.56 Å². The highest BCUT2D eigenvalue weighted by Crippen LogP contribution is 2.01. The molecule has 0 saturated carbocycles. The van der Waals surface area contributed by atoms with Gasteiger partial charge in [-0.2, -0.15) is 0 Å². The molecule has 108 valence electrons. The molecule has 4 nitrogen and oxygen atoms in total. The average molecular weight is 276 g/mol. The number of carbonyl (C=O) groups excluding carboxylic acids is 1. The fourth-order valence-electron chi connectivity index (χ4n) is 1.45. The van der Waals surface area contributed by atoms with Gasteiger partial charge in [-0.1, -0.05) is 36.4 Å². The Morgan fingerprint density at radius 1 is 1.15 bits per heavy atom. The van der Waals surface area contributed by atoms with E-state index in [1.165, 1.54) is 7.11 Å². The van der Waals surface area contributed by atoms with E-state index in [1.54, 1.807) is 19.1 Å². The highest BCUT2D eigenvalue weighted by Gasteiger charge is 2.07. The number of methoxy groups -OCH3 is 1. The second-order valence-electron chi connectivity index (χ2n) is 3.93. The Kier molecular flexibility index (Phi) is 7.84. The van der Waals surface area contributed by atoms with E-state index in [1.807, 2.05) is 36.4 Å². The first-order valence-corrected chi connectivity index (χ1v) is 6.42. The van der Waals surface area contributed by atoms with Crippen LogP contribution >= 0.6 is 0 Å². The van der Waals surface area contributed by atoms with Crippen LogP contribution in [0.4, 0.5) is 0 Å². The van der Waals surface area contributed by atoms with Crippen LogP contribution in [0.25, 0.3) is 0 Å². The lowest BCUT2D eigenvalue weighted by atomic mass is 10.2. The van der Waals surface area contributed by atoms with Gasteiger partial charge in [0, 0.05) is 0 Å². The van der Waals surface area contributed by atoms with Gasteiger partial charge in [0.1, 0.15) is 6.61 Å². The van der Waals surface area contributed by atoms with Crippen molar-refractivity contribution in [1.82, 2.24) is 0 Å². The molecule has 0 aliphatic rings. The zero-order valence-corrected chi connectivity index (χ0v) is 11.9. The summed E-state index contributed by atoms with van der Waals surface area (Å²) in [4.78, 5) is 11.2. The Morgan fingerprint density at radius 3 is 2.50 bits per heavy atom. The van der Waals surface area contributed by atoms with Crippen LogP contribution in [0.2, 0.25) is 0 Å². The molecule has 0 heterocycles. The Hall–Kier alpha value is -2.07. The maximum absolute atomic E-state index is 11.2. The molecule has 4 heteroatoms. The topological polar surface area (TPSA) is 44.8 Å². The number of carbonyl (C=O) groups is 1. The third-order valence-corrected chi connectivity index (χ3v) is 2.48. The van der Waals surface area contributed by atoms with Crippen LogP contribution in [0, 0.1) is 0 Å². The lowest BCUT2D eigenvalue weighted by molar-refractivity contribution is -0.139. The van der Waals surface area contributed by atoms with E-state index in [4.69, 9.17) is 9.47 Å². The van der Waals surface area contributed by atoms with Gasteiger partial charge in [0.05, 0.1) is 20.3 Å². The highest BCUT2D eigenvalue weighted by atomic mass is 16.6. The number of esters is 1. The summed E-state index contributed by atoms with van der Waals surface area (Å²) in [6.07, 6.45) is 5.23. The SMILES string of the molecule is CC=C(OC/C=C\COCc1ccccc1)C(=O)OC. The zero-order valence-electron chi connectivity index (χ0n) is 11.9. The second kappa shape index (κ2) is 9.81. The maximum atomic E-state index is 11.2. The summed E-state index contributed by atoms with van der Waals surface area (Å²) in [5.41, 5.74) is 1.14. The molecule has 1 rings (SSSR count). The Balaban J connectivity index is 2.15. The molecule has 0 saturated heterocycles. The smallest absolute Gasteiger partial charge is 0.372 e. The van der Waals surface area contributed by atoms with Crippen LogP contribution in [-0.4, -0.2) is 26.3 Å². The van der Waals surface area contributed by atoms with Gasteiger partial charge in [0.2, 0.25) is 5.76 Å². The molecule has 1 aromatic rings. The molecule has 20 heavy (non-hydrogen) atoms. The van der Waals surface area contributed by atoms with Crippen molar-refractivity contribution in [3.05, 3.63) is 59.9 Å². The van der Waals surface area contributed by atoms with Crippen LogP contribution in [0.3, 0.4) is 0 Å². The minimum absolute atomic E-state index is 0.211. The normalized spacial score (nSPS) is 11.6. The van der Waals surface area contributed by atoms with Gasteiger partial charge in [-0.25, -0.2) is 4.79 Å². The lowest BCUT2D eigenvalue weighted by Gasteiger charge is -2.05. The summed E-state index contributed by atoms with van der Waals surface area (Å²) in [6.45, 7) is 3.11. The first-order valence-electron chi connectivity index (χ1n) is 6.42. The Morgan fingerprint density at radius 2 is 1.85 bits per heavy atom. The van der Waals surface area contributed by atoms with Crippen molar-refractivity contribution >= 4 is 5.97 Å². The van der Waals surface area contributed by atoms with E-state index in [-0.39, 0.29) is 5.76 Å². The molecular formula is C16H20O4. The minimum Gasteiger partial charge on any atom is -0.483 e. The molecule has 0 unspecified atom stereocenters. The van der Waals surface area contributed by atoms with E-state index < -0.39 is 5.97 Å². The van der Waals surface area contributed by atoms with Gasteiger partial charge in [0.15, 0.2) is 0 Å². The third-order valence-electron chi connectivity index (χ3n) is 2.48. The summed E-state index contributed by atoms with van der Waals surface area (Å²) in [5, 5.41) is 0. The number of rotatable bonds is 8. The molecule has 0 atom stereocenters. The van der Waals surface area contributed by atoms with E-state index in [2.05, 4.69) is 4.74 Å². The molecule has 0 bridgehead atoms. The molecule has 0 aliphatic carbocycles. The van der Waals surface area contributed by atoms with Gasteiger partial charge < -0.3 is 14.2 Å². The maximum Gasteiger partial charge on any atom is 0.372 e. The van der Waals surface area contributed by atoms with E-state index in [0.29, 0.717) is 19.8 Å². The molecule has 0 fully saturated rings. The molecule has 0 amide bonds. The van der Waals surface area contributed by atoms with E-state index >= 15 is 0 Å². The third kappa shape index (κ3) is 6.20. The molecule has 0 N–H and O–H groups in total. The fourth-order valence-corrected chi connectivity index (χ4v) is 1.45. The fraction of sp³-hybridized carbons (Fsp3) is 0.312. The van der Waals surface area contributed by atoms with Crippen LogP contribution < -0.4 is 0 Å². The summed E-state index contributed by atoms with van der Waals surface area (Å²) in [6, 6.07) is 9.96. The number of ether oxygens (including phenoxy) is 3. The van der Waals surface area contributed by atoms with Crippen LogP contribution in [0.1, 0.15) is 12.5 Å². The van der Waals surface area contributed by atoms with Gasteiger partial charge in [0.25, 0.3) is 0 Å². The van der Waals surface area contributed by atoms with Crippen LogP contribution in [-0.2, 0) is 25.6 Å². The Labute approximate surface area is 119 Å². The molecular weight excluding hydrogens is 256 g/mol. The van der Waals surface area contributed by atoms with Crippen molar-refractivity contribution in [1.29, 1.82) is 0 Å². The van der Waals surface area contributed by atoms with Gasteiger partial charge in [-0.15, -0.1) is 0 Å². The molecule has 0 spiro atoms. The largest absolute Gasteiger partial charge is 0.483 e. The van der Waals surface area contributed by atoms with Crippen LogP contribution in [0.15, 0.2) is 54.3 Å². The second-order valence-corrected chi connectivity index (χ2v) is 3.93. The summed E-state index contributed by atoms with van der Waals surface area (Å²) >= 11 is 0. The molecule has 0 aromatic heterocycles. The summed E-state index contributed by atoms with van der Waals surface area (Å²) in [5.74, 6) is -0.261. The molecule has 0 aliphatic heterocycles. The van der Waals surface area contributed by atoms with Crippen LogP contribution in [0.5, 0.6) is 0 Å². The lowest BCUT2D eigenvalue weighted by Crippen LogP contribution is -2.08. The Bertz CT molecular complexity index is 449. The van der Waals surface area contributed by atoms with Crippen molar-refractivity contribution in [2.45, 2.75) is 13.5 Å². The zero-order chi connectivity index (χ0) is 14.6. The van der Waals surface area contributed by atoms with Crippen molar-refractivity contribution in [3.63, 3.8) is 0 Å². The van der Waals surface area contributed by atoms with Crippen molar-refractivity contribution < 1.29 is 19.0 Å². The van der Waals surface area contributed by atoms with Crippen molar-refractivity contribution in [2.75, 3.05) is 20.3 Å². The van der Waals surface area contributed by atoms with Gasteiger partial charge >= 0.3 is 5.97 Å². The molecule has 0 radical (unpaired) electrons. The number of allylic oxidation sites excluding steroid dienone is 1. The number of benzene rings is 1.